The van der Waals surface area contributed by atoms with Crippen LogP contribution >= 0.6 is 0 Å². The van der Waals surface area contributed by atoms with Gasteiger partial charge in [0.2, 0.25) is 5.91 Å². The van der Waals surface area contributed by atoms with Crippen LogP contribution in [0.15, 0.2) is 30.6 Å². The van der Waals surface area contributed by atoms with Crippen molar-refractivity contribution in [3.05, 3.63) is 53.6 Å². The van der Waals surface area contributed by atoms with Gasteiger partial charge in [-0.2, -0.15) is 5.10 Å². The van der Waals surface area contributed by atoms with Gasteiger partial charge in [-0.15, -0.1) is 0 Å². The normalized spacial score (nSPS) is 18.6. The van der Waals surface area contributed by atoms with E-state index in [-0.39, 0.29) is 36.6 Å². The Labute approximate surface area is 166 Å². The van der Waals surface area contributed by atoms with Crippen molar-refractivity contribution in [2.24, 2.45) is 5.73 Å². The SMILES string of the molecule is NC(CC(=O)N1CCCCC(=O)C1Cn1cccn1)Cc1cc(F)c(F)cc1F. The van der Waals surface area contributed by atoms with Gasteiger partial charge < -0.3 is 10.6 Å². The summed E-state index contributed by atoms with van der Waals surface area (Å²) in [6.07, 6.45) is 4.84. The number of carbonyl (C=O) groups is 2. The number of likely N-dealkylation sites (tertiary alicyclic amines) is 1. The first-order chi connectivity index (χ1) is 13.8. The molecule has 1 aliphatic heterocycles. The molecule has 1 saturated heterocycles. The van der Waals surface area contributed by atoms with Gasteiger partial charge in [0.25, 0.3) is 0 Å². The Morgan fingerprint density at radius 2 is 1.97 bits per heavy atom. The Kier molecular flexibility index (Phi) is 6.68. The molecule has 2 atom stereocenters. The number of Topliss-reactive ketones (excluding diaryl/α,β-unsaturated/α-hetero) is 1. The fourth-order valence-corrected chi connectivity index (χ4v) is 3.58. The monoisotopic (exact) mass is 408 g/mol. The van der Waals surface area contributed by atoms with E-state index in [1.54, 1.807) is 23.1 Å². The van der Waals surface area contributed by atoms with Crippen LogP contribution in [0.2, 0.25) is 0 Å². The zero-order chi connectivity index (χ0) is 21.0. The van der Waals surface area contributed by atoms with Crippen molar-refractivity contribution in [3.8, 4) is 0 Å². The Morgan fingerprint density at radius 1 is 1.21 bits per heavy atom. The van der Waals surface area contributed by atoms with Crippen molar-refractivity contribution < 1.29 is 22.8 Å². The van der Waals surface area contributed by atoms with Gasteiger partial charge in [0.05, 0.1) is 6.54 Å². The van der Waals surface area contributed by atoms with Crippen LogP contribution in [0.5, 0.6) is 0 Å². The minimum absolute atomic E-state index is 0.0356. The molecule has 1 aliphatic rings. The number of ketones is 1. The topological polar surface area (TPSA) is 81.2 Å². The molecule has 29 heavy (non-hydrogen) atoms. The Bertz CT molecular complexity index is 873. The van der Waals surface area contributed by atoms with E-state index in [2.05, 4.69) is 5.10 Å². The Hall–Kier alpha value is -2.68. The lowest BCUT2D eigenvalue weighted by molar-refractivity contribution is -0.139. The highest BCUT2D eigenvalue weighted by atomic mass is 19.2. The smallest absolute Gasteiger partial charge is 0.224 e. The van der Waals surface area contributed by atoms with Gasteiger partial charge in [-0.25, -0.2) is 13.2 Å². The zero-order valence-electron chi connectivity index (χ0n) is 15.9. The van der Waals surface area contributed by atoms with E-state index in [0.717, 1.165) is 6.07 Å². The van der Waals surface area contributed by atoms with Crippen molar-refractivity contribution in [1.82, 2.24) is 14.7 Å². The second-order valence-electron chi connectivity index (χ2n) is 7.28. The van der Waals surface area contributed by atoms with E-state index >= 15 is 0 Å². The molecule has 0 aliphatic carbocycles. The van der Waals surface area contributed by atoms with E-state index in [0.29, 0.717) is 31.9 Å². The van der Waals surface area contributed by atoms with Crippen LogP contribution in [0.1, 0.15) is 31.2 Å². The van der Waals surface area contributed by atoms with Crippen LogP contribution in [0.25, 0.3) is 0 Å². The molecule has 6 nitrogen and oxygen atoms in total. The average Bonchev–Trinajstić information content (AvgIpc) is 3.10. The van der Waals surface area contributed by atoms with Gasteiger partial charge in [-0.3, -0.25) is 14.3 Å². The second kappa shape index (κ2) is 9.21. The van der Waals surface area contributed by atoms with Crippen molar-refractivity contribution in [1.29, 1.82) is 0 Å². The summed E-state index contributed by atoms with van der Waals surface area (Å²) < 4.78 is 41.9. The molecule has 1 fully saturated rings. The molecule has 0 saturated carbocycles. The van der Waals surface area contributed by atoms with E-state index in [9.17, 15) is 22.8 Å². The predicted octanol–water partition coefficient (Wildman–Crippen LogP) is 2.21. The van der Waals surface area contributed by atoms with E-state index in [4.69, 9.17) is 5.73 Å². The number of aromatic nitrogens is 2. The number of nitrogens with zero attached hydrogens (tertiary/aromatic N) is 3. The summed E-state index contributed by atoms with van der Waals surface area (Å²) in [7, 11) is 0. The molecule has 0 bridgehead atoms. The first kappa shape index (κ1) is 21.0. The molecule has 3 rings (SSSR count). The van der Waals surface area contributed by atoms with Crippen molar-refractivity contribution in [2.45, 2.75) is 50.7 Å². The van der Waals surface area contributed by atoms with E-state index in [1.807, 2.05) is 0 Å². The molecule has 1 amide bonds. The average molecular weight is 408 g/mol. The highest BCUT2D eigenvalue weighted by molar-refractivity contribution is 5.89. The van der Waals surface area contributed by atoms with Crippen LogP contribution < -0.4 is 5.73 Å². The van der Waals surface area contributed by atoms with Crippen LogP contribution in [-0.2, 0) is 22.6 Å². The zero-order valence-corrected chi connectivity index (χ0v) is 15.9. The van der Waals surface area contributed by atoms with Gasteiger partial charge >= 0.3 is 0 Å². The third kappa shape index (κ3) is 5.23. The van der Waals surface area contributed by atoms with Gasteiger partial charge in [-0.05, 0) is 37.0 Å². The third-order valence-corrected chi connectivity index (χ3v) is 5.07. The highest BCUT2D eigenvalue weighted by Crippen LogP contribution is 2.19. The van der Waals surface area contributed by atoms with Crippen LogP contribution in [0.3, 0.4) is 0 Å². The summed E-state index contributed by atoms with van der Waals surface area (Å²) in [6, 6.07) is 1.51. The number of hydrogen-bond acceptors (Lipinski definition) is 4. The van der Waals surface area contributed by atoms with Crippen LogP contribution in [-0.4, -0.2) is 45.0 Å². The fraction of sp³-hybridized carbons (Fsp3) is 0.450. The molecule has 2 aromatic rings. The number of nitrogens with two attached hydrogens (primary N) is 1. The number of amides is 1. The molecule has 156 valence electrons. The maximum Gasteiger partial charge on any atom is 0.224 e. The minimum Gasteiger partial charge on any atom is -0.331 e. The maximum atomic E-state index is 13.8. The van der Waals surface area contributed by atoms with E-state index in [1.165, 1.54) is 4.90 Å². The molecule has 1 aromatic carbocycles. The van der Waals surface area contributed by atoms with Gasteiger partial charge in [0.1, 0.15) is 11.9 Å². The summed E-state index contributed by atoms with van der Waals surface area (Å²) in [5.41, 5.74) is 5.90. The molecular weight excluding hydrogens is 385 g/mol. The number of rotatable bonds is 6. The molecular formula is C20H23F3N4O2. The number of carbonyl (C=O) groups excluding carboxylic acids is 2. The lowest BCUT2D eigenvalue weighted by Gasteiger charge is -2.30. The largest absolute Gasteiger partial charge is 0.331 e. The van der Waals surface area contributed by atoms with Gasteiger partial charge in [0, 0.05) is 43.9 Å². The number of benzene rings is 1. The van der Waals surface area contributed by atoms with Gasteiger partial charge in [-0.1, -0.05) is 0 Å². The predicted molar refractivity (Wildman–Crippen MR) is 99.2 cm³/mol. The third-order valence-electron chi connectivity index (χ3n) is 5.07. The lowest BCUT2D eigenvalue weighted by Crippen LogP contribution is -2.48. The summed E-state index contributed by atoms with van der Waals surface area (Å²) in [5, 5.41) is 4.10. The summed E-state index contributed by atoms with van der Waals surface area (Å²) in [5.74, 6) is -3.72. The van der Waals surface area contributed by atoms with E-state index < -0.39 is 29.5 Å². The quantitative estimate of drug-likeness (QED) is 0.743. The minimum atomic E-state index is -1.28. The molecule has 1 aromatic heterocycles. The van der Waals surface area contributed by atoms with Crippen LogP contribution in [0.4, 0.5) is 13.2 Å². The summed E-state index contributed by atoms with van der Waals surface area (Å²) >= 11 is 0. The Morgan fingerprint density at radius 3 is 2.69 bits per heavy atom. The van der Waals surface area contributed by atoms with Crippen molar-refractivity contribution in [3.63, 3.8) is 0 Å². The molecule has 2 heterocycles. The summed E-state index contributed by atoms with van der Waals surface area (Å²) in [4.78, 5) is 26.9. The Balaban J connectivity index is 1.69. The number of halogens is 3. The molecule has 0 spiro atoms. The first-order valence-corrected chi connectivity index (χ1v) is 9.53. The first-order valence-electron chi connectivity index (χ1n) is 9.53. The van der Waals surface area contributed by atoms with Crippen LogP contribution in [0, 0.1) is 17.5 Å². The fourth-order valence-electron chi connectivity index (χ4n) is 3.58. The standard InChI is InChI=1S/C20H23F3N4O2/c21-15-11-17(23)16(22)9-13(15)8-14(24)10-20(29)27-7-2-1-4-19(28)18(27)12-26-6-3-5-25-26/h3,5-6,9,11,14,18H,1-2,4,7-8,10,12,24H2. The molecule has 9 heteroatoms. The van der Waals surface area contributed by atoms with Gasteiger partial charge in [0.15, 0.2) is 17.4 Å². The summed E-state index contributed by atoms with van der Waals surface area (Å²) in [6.45, 7) is 0.674. The molecule has 2 N–H and O–H groups in total. The highest BCUT2D eigenvalue weighted by Gasteiger charge is 2.32. The van der Waals surface area contributed by atoms with Crippen molar-refractivity contribution in [2.75, 3.05) is 6.54 Å². The molecule has 0 radical (unpaired) electrons. The maximum absolute atomic E-state index is 13.8. The lowest BCUT2D eigenvalue weighted by atomic mass is 10.0. The second-order valence-corrected chi connectivity index (χ2v) is 7.28. The molecule has 2 unspecified atom stereocenters. The van der Waals surface area contributed by atoms with Crippen molar-refractivity contribution >= 4 is 11.7 Å². The number of hydrogen-bond donors (Lipinski definition) is 1.